The summed E-state index contributed by atoms with van der Waals surface area (Å²) in [6, 6.07) is 1.15. The molecule has 1 aromatic rings. The summed E-state index contributed by atoms with van der Waals surface area (Å²) in [5.74, 6) is -0.518. The third kappa shape index (κ3) is 3.20. The predicted molar refractivity (Wildman–Crippen MR) is 79.3 cm³/mol. The number of carbonyl (C=O) groups is 2. The van der Waals surface area contributed by atoms with Gasteiger partial charge in [-0.15, -0.1) is 11.3 Å². The number of amides is 1. The van der Waals surface area contributed by atoms with Gasteiger partial charge < -0.3 is 10.4 Å². The second kappa shape index (κ2) is 6.39. The Labute approximate surface area is 123 Å². The minimum Gasteiger partial charge on any atom is -0.480 e. The van der Waals surface area contributed by atoms with Crippen LogP contribution in [0.25, 0.3) is 0 Å². The molecule has 0 radical (unpaired) electrons. The zero-order valence-electron chi connectivity index (χ0n) is 11.9. The Balaban J connectivity index is 2.09. The fraction of sp³-hybridized carbons (Fsp3) is 0.600. The Kier molecular flexibility index (Phi) is 4.81. The molecule has 110 valence electrons. The van der Waals surface area contributed by atoms with Crippen LogP contribution >= 0.6 is 11.3 Å². The summed E-state index contributed by atoms with van der Waals surface area (Å²) < 4.78 is 0. The quantitative estimate of drug-likeness (QED) is 0.878. The van der Waals surface area contributed by atoms with Crippen LogP contribution in [-0.4, -0.2) is 23.0 Å². The van der Waals surface area contributed by atoms with E-state index in [-0.39, 0.29) is 5.91 Å². The maximum absolute atomic E-state index is 12.1. The van der Waals surface area contributed by atoms with Gasteiger partial charge in [-0.25, -0.2) is 4.79 Å². The fourth-order valence-corrected chi connectivity index (χ4v) is 3.74. The molecule has 1 unspecified atom stereocenters. The SMILES string of the molecule is CCC1CCc2sc(C(=O)N[C@@H](CC)C(=O)O)cc2C1. The number of aliphatic carboxylic acids is 1. The lowest BCUT2D eigenvalue weighted by atomic mass is 9.87. The molecule has 1 amide bonds. The summed E-state index contributed by atoms with van der Waals surface area (Å²) in [7, 11) is 0. The minimum absolute atomic E-state index is 0.258. The van der Waals surface area contributed by atoms with Gasteiger partial charge in [-0.05, 0) is 43.2 Å². The molecule has 1 aromatic heterocycles. The summed E-state index contributed by atoms with van der Waals surface area (Å²) in [4.78, 5) is 25.0. The summed E-state index contributed by atoms with van der Waals surface area (Å²) >= 11 is 1.52. The second-order valence-electron chi connectivity index (χ2n) is 5.35. The van der Waals surface area contributed by atoms with Crippen molar-refractivity contribution in [2.45, 2.75) is 52.0 Å². The van der Waals surface area contributed by atoms with Crippen LogP contribution in [0.4, 0.5) is 0 Å². The van der Waals surface area contributed by atoms with Crippen molar-refractivity contribution in [3.8, 4) is 0 Å². The average molecular weight is 295 g/mol. The highest BCUT2D eigenvalue weighted by molar-refractivity contribution is 7.14. The van der Waals surface area contributed by atoms with E-state index in [1.165, 1.54) is 34.6 Å². The normalized spacial score (nSPS) is 19.2. The van der Waals surface area contributed by atoms with Crippen LogP contribution in [0.15, 0.2) is 6.07 Å². The van der Waals surface area contributed by atoms with E-state index in [1.54, 1.807) is 6.92 Å². The van der Waals surface area contributed by atoms with Crippen LogP contribution in [0.3, 0.4) is 0 Å². The molecule has 1 heterocycles. The number of carboxylic acids is 1. The molecule has 0 aromatic carbocycles. The zero-order chi connectivity index (χ0) is 14.7. The number of carboxylic acid groups (broad SMARTS) is 1. The smallest absolute Gasteiger partial charge is 0.326 e. The molecule has 0 saturated carbocycles. The molecule has 0 saturated heterocycles. The molecule has 0 spiro atoms. The number of fused-ring (bicyclic) bond motifs is 1. The predicted octanol–water partition coefficient (Wildman–Crippen LogP) is 2.86. The molecule has 2 atom stereocenters. The molecule has 0 bridgehead atoms. The topological polar surface area (TPSA) is 66.4 Å². The molecule has 0 aliphatic heterocycles. The van der Waals surface area contributed by atoms with Crippen molar-refractivity contribution in [1.29, 1.82) is 0 Å². The molecular weight excluding hydrogens is 274 g/mol. The van der Waals surface area contributed by atoms with E-state index in [1.807, 2.05) is 6.07 Å². The van der Waals surface area contributed by atoms with Crippen LogP contribution in [-0.2, 0) is 17.6 Å². The summed E-state index contributed by atoms with van der Waals surface area (Å²) in [6.45, 7) is 3.96. The van der Waals surface area contributed by atoms with Crippen LogP contribution in [0.1, 0.15) is 53.2 Å². The van der Waals surface area contributed by atoms with Crippen molar-refractivity contribution in [2.24, 2.45) is 5.92 Å². The maximum Gasteiger partial charge on any atom is 0.326 e. The number of thiophene rings is 1. The number of hydrogen-bond acceptors (Lipinski definition) is 3. The Morgan fingerprint density at radius 3 is 2.85 bits per heavy atom. The van der Waals surface area contributed by atoms with Gasteiger partial charge in [0.05, 0.1) is 4.88 Å². The van der Waals surface area contributed by atoms with Crippen LogP contribution in [0.2, 0.25) is 0 Å². The van der Waals surface area contributed by atoms with Gasteiger partial charge in [0.2, 0.25) is 0 Å². The van der Waals surface area contributed by atoms with Gasteiger partial charge >= 0.3 is 5.97 Å². The molecule has 20 heavy (non-hydrogen) atoms. The van der Waals surface area contributed by atoms with Crippen LogP contribution < -0.4 is 5.32 Å². The molecule has 0 fully saturated rings. The van der Waals surface area contributed by atoms with E-state index in [0.29, 0.717) is 11.3 Å². The number of hydrogen-bond donors (Lipinski definition) is 2. The summed E-state index contributed by atoms with van der Waals surface area (Å²) in [5, 5.41) is 11.6. The number of carbonyl (C=O) groups excluding carboxylic acids is 1. The number of rotatable bonds is 5. The third-order valence-electron chi connectivity index (χ3n) is 4.00. The van der Waals surface area contributed by atoms with Gasteiger partial charge in [-0.3, -0.25) is 4.79 Å². The fourth-order valence-electron chi connectivity index (χ4n) is 2.63. The molecular formula is C15H21NO3S. The zero-order valence-corrected chi connectivity index (χ0v) is 12.8. The van der Waals surface area contributed by atoms with Gasteiger partial charge in [0.15, 0.2) is 0 Å². The third-order valence-corrected chi connectivity index (χ3v) is 5.23. The van der Waals surface area contributed by atoms with Gasteiger partial charge in [-0.2, -0.15) is 0 Å². The van der Waals surface area contributed by atoms with Gasteiger partial charge in [0, 0.05) is 4.88 Å². The first-order valence-corrected chi connectivity index (χ1v) is 8.02. The minimum atomic E-state index is -0.979. The first kappa shape index (κ1) is 15.0. The van der Waals surface area contributed by atoms with Crippen molar-refractivity contribution < 1.29 is 14.7 Å². The highest BCUT2D eigenvalue weighted by Crippen LogP contribution is 2.33. The Morgan fingerprint density at radius 2 is 2.25 bits per heavy atom. The first-order valence-electron chi connectivity index (χ1n) is 7.20. The Bertz CT molecular complexity index is 509. The van der Waals surface area contributed by atoms with Crippen molar-refractivity contribution in [3.05, 3.63) is 21.4 Å². The lowest BCUT2D eigenvalue weighted by Crippen LogP contribution is -2.39. The number of aryl methyl sites for hydroxylation is 1. The molecule has 2 rings (SSSR count). The summed E-state index contributed by atoms with van der Waals surface area (Å²) in [5.41, 5.74) is 1.28. The lowest BCUT2D eigenvalue weighted by molar-refractivity contribution is -0.139. The van der Waals surface area contributed by atoms with Gasteiger partial charge in [-0.1, -0.05) is 20.3 Å². The van der Waals surface area contributed by atoms with E-state index in [4.69, 9.17) is 5.11 Å². The van der Waals surface area contributed by atoms with Gasteiger partial charge in [0.25, 0.3) is 5.91 Å². The first-order chi connectivity index (χ1) is 9.55. The monoisotopic (exact) mass is 295 g/mol. The van der Waals surface area contributed by atoms with Crippen molar-refractivity contribution in [3.63, 3.8) is 0 Å². The number of nitrogens with one attached hydrogen (secondary N) is 1. The van der Waals surface area contributed by atoms with E-state index >= 15 is 0 Å². The van der Waals surface area contributed by atoms with E-state index in [9.17, 15) is 9.59 Å². The molecule has 1 aliphatic rings. The van der Waals surface area contributed by atoms with E-state index in [0.717, 1.165) is 18.8 Å². The molecule has 4 nitrogen and oxygen atoms in total. The van der Waals surface area contributed by atoms with Crippen molar-refractivity contribution in [1.82, 2.24) is 5.32 Å². The van der Waals surface area contributed by atoms with E-state index in [2.05, 4.69) is 12.2 Å². The summed E-state index contributed by atoms with van der Waals surface area (Å²) in [6.07, 6.45) is 4.85. The molecule has 2 N–H and O–H groups in total. The Hall–Kier alpha value is -1.36. The standard InChI is InChI=1S/C15H21NO3S/c1-3-9-5-6-12-10(7-9)8-13(20-12)14(17)16-11(4-2)15(18)19/h8-9,11H,3-7H2,1-2H3,(H,16,17)(H,18,19)/t9?,11-/m0/s1. The largest absolute Gasteiger partial charge is 0.480 e. The molecule has 1 aliphatic carbocycles. The van der Waals surface area contributed by atoms with Crippen molar-refractivity contribution >= 4 is 23.2 Å². The van der Waals surface area contributed by atoms with Gasteiger partial charge in [0.1, 0.15) is 6.04 Å². The second-order valence-corrected chi connectivity index (χ2v) is 6.49. The Morgan fingerprint density at radius 1 is 1.50 bits per heavy atom. The highest BCUT2D eigenvalue weighted by Gasteiger charge is 2.24. The van der Waals surface area contributed by atoms with Crippen LogP contribution in [0, 0.1) is 5.92 Å². The van der Waals surface area contributed by atoms with Crippen LogP contribution in [0.5, 0.6) is 0 Å². The maximum atomic E-state index is 12.1. The molecule has 5 heteroatoms. The van der Waals surface area contributed by atoms with Crippen molar-refractivity contribution in [2.75, 3.05) is 0 Å². The highest BCUT2D eigenvalue weighted by atomic mass is 32.1. The average Bonchev–Trinajstić information content (AvgIpc) is 2.86. The lowest BCUT2D eigenvalue weighted by Gasteiger charge is -2.19. The van der Waals surface area contributed by atoms with E-state index < -0.39 is 12.0 Å².